The largest absolute Gasteiger partial charge is 0.102 e. The van der Waals surface area contributed by atoms with Crippen LogP contribution in [-0.2, 0) is 0 Å². The summed E-state index contributed by atoms with van der Waals surface area (Å²) < 4.78 is 0. The Bertz CT molecular complexity index is 1290. The van der Waals surface area contributed by atoms with Crippen molar-refractivity contribution in [2.45, 2.75) is 0 Å². The van der Waals surface area contributed by atoms with E-state index < -0.39 is 27.9 Å². The Kier molecular flexibility index (Phi) is 86.6. The van der Waals surface area contributed by atoms with Crippen LogP contribution >= 0.6 is 615 Å². The monoisotopic (exact) mass is 2460 g/mol. The topological polar surface area (TPSA) is 0 Å². The van der Waals surface area contributed by atoms with Gasteiger partial charge in [-0.15, -0.1) is 330 Å². The van der Waals surface area contributed by atoms with E-state index in [4.69, 9.17) is 17.9 Å². The first-order valence-electron chi connectivity index (χ1n) is 17.5. The molecule has 77 heteroatoms. The molecule has 0 nitrogen and oxygen atoms in total. The molecule has 0 N–H and O–H groups in total. The summed E-state index contributed by atoms with van der Waals surface area (Å²) in [6.07, 6.45) is 0. The second-order valence-corrected chi connectivity index (χ2v) is 328. The SMILES string of the molecule is [PH]PP(P([PH])P)P(P(P(P)P)P(P)P)P(P(P(P(P)P)P(P)P)P(P(P)P)P(P)P)P(P(P(P(P)P)P(P)P)P(P(P)P)P(P)P)P(P(P(P(P)P)P(P)P)P(P(P)P)P(P)P)P(P(P(P)P)P(P)P)P(P(P)P)P(P)P. The summed E-state index contributed by atoms with van der Waals surface area (Å²) in [4.78, 5) is 0. The van der Waals surface area contributed by atoms with Gasteiger partial charge in [0.2, 0.25) is 0 Å². The molecule has 0 saturated heterocycles. The van der Waals surface area contributed by atoms with E-state index >= 15 is 0 Å². The molecule has 0 bridgehead atoms. The van der Waals surface area contributed by atoms with Gasteiger partial charge in [-0.3, -0.25) is 0 Å². The lowest BCUT2D eigenvalue weighted by molar-refractivity contribution is 4.31. The Balaban J connectivity index is 12.4. The summed E-state index contributed by atoms with van der Waals surface area (Å²) in [5.41, 5.74) is 0. The highest BCUT2D eigenvalue weighted by atomic mass is 33.6. The lowest BCUT2D eigenvalue weighted by atomic mass is 28.4. The smallest absolute Gasteiger partial charge is 0.00000580 e. The molecule has 43 atom stereocenters. The van der Waals surface area contributed by atoms with Gasteiger partial charge in [0.05, 0.1) is 0 Å². The molecule has 0 aliphatic heterocycles. The fourth-order valence-electron chi connectivity index (χ4n) is 4.65. The molecule has 0 spiro atoms. The minimum absolute atomic E-state index is 0.299. The quantitative estimate of drug-likeness (QED) is 0.0544. The highest BCUT2D eigenvalue weighted by molar-refractivity contribution is 9.57. The highest BCUT2D eigenvalue weighted by Crippen LogP contribution is 3.51. The molecule has 0 aromatic heterocycles. The molecular formula is H77P77. The van der Waals surface area contributed by atoms with Crippen molar-refractivity contribution < 1.29 is 0 Å². The van der Waals surface area contributed by atoms with Gasteiger partial charge >= 0.3 is 0 Å². The zero-order valence-electron chi connectivity index (χ0n) is 39.4. The zero-order chi connectivity index (χ0) is 61.1. The summed E-state index contributed by atoms with van der Waals surface area (Å²) in [5, 5.41) is 0. The standard InChI is InChI=1S/H77P77/c1-40-60(41(2)3)70(61(42(4)5)43(6)7)75(71(62(44(8)9)45(10)11)63(46(12)13)47(14)15)77(74(68(56(32)33)57(34)35)69(58(36)37)59(38)39)76(72(64(48(16)17)49(18)19)65(50(20)21)51(22)23)73(66(52(24)25)53(26)27)67(54(28)29)55(30)31/h1-2,40H,3-39H2. The Morgan fingerprint density at radius 2 is 0.247 bits per heavy atom. The molecule has 0 aromatic rings. The van der Waals surface area contributed by atoms with Gasteiger partial charge in [0, 0.05) is 0 Å². The first-order chi connectivity index (χ1) is 35.1. The fourth-order valence-corrected chi connectivity index (χ4v) is 1130. The summed E-state index contributed by atoms with van der Waals surface area (Å²) in [6.45, 7) is -12.7. The van der Waals surface area contributed by atoms with Crippen molar-refractivity contribution in [3.05, 3.63) is 0 Å². The summed E-state index contributed by atoms with van der Waals surface area (Å²) >= 11 is 0. The van der Waals surface area contributed by atoms with Gasteiger partial charge in [-0.05, 0) is 259 Å². The summed E-state index contributed by atoms with van der Waals surface area (Å²) in [6, 6.07) is 0. The molecule has 462 valence electrons. The van der Waals surface area contributed by atoms with Gasteiger partial charge < -0.3 is 0 Å². The third-order valence-corrected chi connectivity index (χ3v) is 547. The van der Waals surface area contributed by atoms with Gasteiger partial charge in [-0.25, -0.2) is 0 Å². The normalized spacial score (nSPS) is 16.2. The second kappa shape index (κ2) is 60.6. The van der Waals surface area contributed by atoms with E-state index in [2.05, 4.69) is 330 Å². The van der Waals surface area contributed by atoms with E-state index in [1.54, 1.807) is 0 Å². The number of hydrogen-bond donors (Lipinski definition) is 0. The van der Waals surface area contributed by atoms with E-state index in [1.807, 2.05) is 0 Å². The van der Waals surface area contributed by atoms with Crippen molar-refractivity contribution in [1.82, 2.24) is 0 Å². The van der Waals surface area contributed by atoms with Gasteiger partial charge in [-0.2, -0.15) is 0 Å². The van der Waals surface area contributed by atoms with E-state index in [-0.39, 0.29) is 231 Å². The molecule has 0 amide bonds. The van der Waals surface area contributed by atoms with Crippen LogP contribution in [0.15, 0.2) is 0 Å². The van der Waals surface area contributed by atoms with E-state index in [9.17, 15) is 0 Å². The van der Waals surface area contributed by atoms with E-state index in [0.717, 1.165) is 7.96 Å². The molecule has 0 aliphatic carbocycles. The van der Waals surface area contributed by atoms with Crippen LogP contribution in [0, 0.1) is 0 Å². The van der Waals surface area contributed by atoms with Gasteiger partial charge in [0.25, 0.3) is 0 Å². The summed E-state index contributed by atoms with van der Waals surface area (Å²) in [7, 11) is 146. The van der Waals surface area contributed by atoms with Crippen molar-refractivity contribution >= 4 is 615 Å². The van der Waals surface area contributed by atoms with Crippen LogP contribution in [0.3, 0.4) is 0 Å². The minimum Gasteiger partial charge on any atom is -0.102 e. The van der Waals surface area contributed by atoms with Crippen LogP contribution in [0.25, 0.3) is 0 Å². The maximum absolute atomic E-state index is 4.79. The Morgan fingerprint density at radius 3 is 0.338 bits per heavy atom. The molecule has 0 fully saturated rings. The minimum atomic E-state index is -0.451. The third-order valence-electron chi connectivity index (χ3n) is 6.75. The van der Waals surface area contributed by atoms with Crippen molar-refractivity contribution in [3.8, 4) is 0 Å². The molecule has 43 unspecified atom stereocenters. The van der Waals surface area contributed by atoms with Crippen LogP contribution in [0.5, 0.6) is 0 Å². The predicted octanol–water partition coefficient (Wildman–Crippen LogP) is 45.7. The molecular weight excluding hydrogens is 2380 g/mol. The molecule has 2 radical (unpaired) electrons. The van der Waals surface area contributed by atoms with E-state index in [1.165, 1.54) is 0 Å². The fraction of sp³-hybridized carbons (Fsp3) is 0. The maximum Gasteiger partial charge on any atom is -0.00000580 e. The third kappa shape index (κ3) is 39.0. The highest BCUT2D eigenvalue weighted by Gasteiger charge is 2.64. The van der Waals surface area contributed by atoms with Crippen LogP contribution in [0.1, 0.15) is 0 Å². The average molecular weight is 2460 g/mol. The van der Waals surface area contributed by atoms with Crippen molar-refractivity contribution in [2.75, 3.05) is 0 Å². The van der Waals surface area contributed by atoms with E-state index in [0.29, 0.717) is 0 Å². The molecule has 0 heterocycles. The Morgan fingerprint density at radius 1 is 0.156 bits per heavy atom. The van der Waals surface area contributed by atoms with Crippen LogP contribution in [-0.4, -0.2) is 0 Å². The van der Waals surface area contributed by atoms with Gasteiger partial charge in [0.1, 0.15) is 0 Å². The predicted molar refractivity (Wildman–Crippen MR) is 640 cm³/mol. The van der Waals surface area contributed by atoms with Crippen molar-refractivity contribution in [3.63, 3.8) is 0 Å². The lowest BCUT2D eigenvalue weighted by Crippen LogP contribution is -1.75. The molecule has 0 saturated carbocycles. The van der Waals surface area contributed by atoms with Crippen LogP contribution in [0.4, 0.5) is 0 Å². The molecule has 0 aromatic carbocycles. The number of rotatable bonds is 37. The Hall–Kier alpha value is 33.1. The Labute approximate surface area is 605 Å². The van der Waals surface area contributed by atoms with Gasteiger partial charge in [0.15, 0.2) is 0 Å². The molecule has 77 heavy (non-hydrogen) atoms. The molecule has 0 aliphatic rings. The van der Waals surface area contributed by atoms with Crippen molar-refractivity contribution in [2.24, 2.45) is 0 Å². The lowest BCUT2D eigenvalue weighted by Gasteiger charge is -2.62. The van der Waals surface area contributed by atoms with Gasteiger partial charge in [-0.1, -0.05) is 25.8 Å². The average Bonchev–Trinajstić information content (AvgIpc) is 3.20. The van der Waals surface area contributed by atoms with Crippen LogP contribution < -0.4 is 0 Å². The first-order valence-corrected chi connectivity index (χ1v) is 157. The van der Waals surface area contributed by atoms with Crippen LogP contribution in [0.2, 0.25) is 0 Å². The molecule has 0 rings (SSSR count). The number of hydrogen-bond acceptors (Lipinski definition) is 0. The first kappa shape index (κ1) is 110. The summed E-state index contributed by atoms with van der Waals surface area (Å²) in [5.74, 6) is 0. The maximum atomic E-state index is 4.79. The zero-order valence-corrected chi connectivity index (χ0v) is 118. The second-order valence-electron chi connectivity index (χ2n) is 12.1. The van der Waals surface area contributed by atoms with Crippen molar-refractivity contribution in [1.29, 1.82) is 0 Å².